The Morgan fingerprint density at radius 1 is 1.41 bits per heavy atom. The first-order valence-electron chi connectivity index (χ1n) is 6.11. The highest BCUT2D eigenvalue weighted by Crippen LogP contribution is 2.26. The van der Waals surface area contributed by atoms with Crippen LogP contribution in [-0.4, -0.2) is 17.1 Å². The number of pyridine rings is 1. The highest BCUT2D eigenvalue weighted by atomic mass is 14.9. The highest BCUT2D eigenvalue weighted by Gasteiger charge is 2.26. The van der Waals surface area contributed by atoms with Crippen molar-refractivity contribution in [1.29, 1.82) is 5.26 Å². The average Bonchev–Trinajstić information content (AvgIpc) is 2.38. The second-order valence-electron chi connectivity index (χ2n) is 4.82. The molecule has 1 aliphatic carbocycles. The van der Waals surface area contributed by atoms with E-state index < -0.39 is 0 Å². The van der Waals surface area contributed by atoms with Gasteiger partial charge in [-0.15, -0.1) is 0 Å². The molecule has 1 fully saturated rings. The fourth-order valence-electron chi connectivity index (χ4n) is 2.31. The van der Waals surface area contributed by atoms with Gasteiger partial charge in [0.15, 0.2) is 0 Å². The van der Waals surface area contributed by atoms with Gasteiger partial charge in [-0.1, -0.05) is 19.3 Å². The molecule has 0 saturated heterocycles. The van der Waals surface area contributed by atoms with Crippen LogP contribution in [-0.2, 0) is 0 Å². The van der Waals surface area contributed by atoms with E-state index in [1.165, 1.54) is 19.3 Å². The van der Waals surface area contributed by atoms with E-state index in [1.807, 2.05) is 12.1 Å². The normalized spacial score (nSPS) is 18.4. The maximum absolute atomic E-state index is 8.76. The second kappa shape index (κ2) is 5.15. The number of hydrogen-bond acceptors (Lipinski definition) is 4. The number of anilines is 1. The van der Waals surface area contributed by atoms with Crippen LogP contribution < -0.4 is 11.1 Å². The minimum Gasteiger partial charge on any atom is -0.383 e. The van der Waals surface area contributed by atoms with E-state index in [1.54, 1.807) is 12.3 Å². The van der Waals surface area contributed by atoms with Gasteiger partial charge in [-0.25, -0.2) is 4.98 Å². The van der Waals surface area contributed by atoms with Crippen LogP contribution in [0.3, 0.4) is 0 Å². The van der Waals surface area contributed by atoms with Gasteiger partial charge in [0.25, 0.3) is 0 Å². The van der Waals surface area contributed by atoms with E-state index in [0.29, 0.717) is 5.69 Å². The zero-order valence-corrected chi connectivity index (χ0v) is 9.95. The van der Waals surface area contributed by atoms with Gasteiger partial charge < -0.3 is 11.1 Å². The third kappa shape index (κ3) is 3.18. The molecule has 4 heteroatoms. The Labute approximate surface area is 102 Å². The largest absolute Gasteiger partial charge is 0.383 e. The first-order valence-corrected chi connectivity index (χ1v) is 6.11. The molecule has 2 rings (SSSR count). The van der Waals surface area contributed by atoms with Crippen molar-refractivity contribution in [2.75, 3.05) is 11.9 Å². The molecule has 0 aromatic carbocycles. The van der Waals surface area contributed by atoms with E-state index >= 15 is 0 Å². The Hall–Kier alpha value is -1.60. The Morgan fingerprint density at radius 3 is 2.88 bits per heavy atom. The third-order valence-electron chi connectivity index (χ3n) is 3.37. The highest BCUT2D eigenvalue weighted by molar-refractivity contribution is 5.46. The lowest BCUT2D eigenvalue weighted by Gasteiger charge is -2.33. The fourth-order valence-corrected chi connectivity index (χ4v) is 2.31. The Bertz CT molecular complexity index is 416. The lowest BCUT2D eigenvalue weighted by molar-refractivity contribution is 0.311. The van der Waals surface area contributed by atoms with E-state index in [2.05, 4.69) is 10.3 Å². The van der Waals surface area contributed by atoms with Crippen LogP contribution in [0.2, 0.25) is 0 Å². The summed E-state index contributed by atoms with van der Waals surface area (Å²) in [7, 11) is 0. The summed E-state index contributed by atoms with van der Waals surface area (Å²) in [5, 5.41) is 12.1. The Kier molecular flexibility index (Phi) is 3.60. The first kappa shape index (κ1) is 11.9. The topological polar surface area (TPSA) is 74.7 Å². The quantitative estimate of drug-likeness (QED) is 0.833. The van der Waals surface area contributed by atoms with Crippen LogP contribution in [0.15, 0.2) is 18.3 Å². The predicted octanol–water partition coefficient (Wildman–Crippen LogP) is 2.03. The molecular weight excluding hydrogens is 212 g/mol. The van der Waals surface area contributed by atoms with E-state index in [0.717, 1.165) is 25.1 Å². The van der Waals surface area contributed by atoms with Gasteiger partial charge in [-0.3, -0.25) is 0 Å². The Morgan fingerprint density at radius 2 is 2.18 bits per heavy atom. The van der Waals surface area contributed by atoms with Crippen molar-refractivity contribution in [2.45, 2.75) is 37.6 Å². The molecule has 0 amide bonds. The molecule has 0 bridgehead atoms. The summed E-state index contributed by atoms with van der Waals surface area (Å²) in [6, 6.07) is 5.66. The maximum Gasteiger partial charge on any atom is 0.142 e. The van der Waals surface area contributed by atoms with Gasteiger partial charge in [-0.05, 0) is 25.0 Å². The van der Waals surface area contributed by atoms with Gasteiger partial charge in [0.2, 0.25) is 0 Å². The number of rotatable bonds is 3. The van der Waals surface area contributed by atoms with Crippen molar-refractivity contribution in [3.8, 4) is 6.07 Å². The molecule has 1 heterocycles. The van der Waals surface area contributed by atoms with Crippen LogP contribution in [0.4, 0.5) is 5.69 Å². The summed E-state index contributed by atoms with van der Waals surface area (Å²) in [6.07, 6.45) is 7.54. The van der Waals surface area contributed by atoms with Gasteiger partial charge in [0, 0.05) is 24.0 Å². The molecule has 0 unspecified atom stereocenters. The molecule has 4 nitrogen and oxygen atoms in total. The van der Waals surface area contributed by atoms with Crippen LogP contribution >= 0.6 is 0 Å². The van der Waals surface area contributed by atoms with Crippen LogP contribution in [0.1, 0.15) is 37.8 Å². The standard InChI is InChI=1S/C13H18N4/c14-9-12-8-11(4-7-16-12)17-10-13(15)5-2-1-3-6-13/h4,7-8H,1-3,5-6,10,15H2,(H,16,17). The van der Waals surface area contributed by atoms with Crippen molar-refractivity contribution >= 4 is 5.69 Å². The summed E-state index contributed by atoms with van der Waals surface area (Å²) in [4.78, 5) is 3.94. The molecule has 1 aromatic rings. The van der Waals surface area contributed by atoms with Crippen LogP contribution in [0.5, 0.6) is 0 Å². The summed E-state index contributed by atoms with van der Waals surface area (Å²) in [6.45, 7) is 0.766. The van der Waals surface area contributed by atoms with Crippen molar-refractivity contribution in [3.63, 3.8) is 0 Å². The summed E-state index contributed by atoms with van der Waals surface area (Å²) >= 11 is 0. The SMILES string of the molecule is N#Cc1cc(NCC2(N)CCCCC2)ccn1. The number of nitrogens with two attached hydrogens (primary N) is 1. The lowest BCUT2D eigenvalue weighted by Crippen LogP contribution is -2.47. The van der Waals surface area contributed by atoms with Gasteiger partial charge in [0.05, 0.1) is 0 Å². The number of hydrogen-bond donors (Lipinski definition) is 2. The van der Waals surface area contributed by atoms with Gasteiger partial charge in [-0.2, -0.15) is 5.26 Å². The average molecular weight is 230 g/mol. The fraction of sp³-hybridized carbons (Fsp3) is 0.538. The zero-order valence-electron chi connectivity index (χ0n) is 9.95. The maximum atomic E-state index is 8.76. The number of aromatic nitrogens is 1. The minimum absolute atomic E-state index is 0.0890. The summed E-state index contributed by atoms with van der Waals surface area (Å²) in [5.74, 6) is 0. The summed E-state index contributed by atoms with van der Waals surface area (Å²) < 4.78 is 0. The van der Waals surface area contributed by atoms with E-state index in [-0.39, 0.29) is 5.54 Å². The molecule has 0 radical (unpaired) electrons. The molecule has 90 valence electrons. The number of nitrogens with zero attached hydrogens (tertiary/aromatic N) is 2. The number of nitrogens with one attached hydrogen (secondary N) is 1. The molecule has 1 aromatic heterocycles. The number of nitriles is 1. The van der Waals surface area contributed by atoms with Crippen LogP contribution in [0, 0.1) is 11.3 Å². The third-order valence-corrected chi connectivity index (χ3v) is 3.37. The second-order valence-corrected chi connectivity index (χ2v) is 4.82. The Balaban J connectivity index is 1.95. The molecular formula is C13H18N4. The molecule has 1 aliphatic rings. The van der Waals surface area contributed by atoms with E-state index in [4.69, 9.17) is 11.0 Å². The van der Waals surface area contributed by atoms with Crippen molar-refractivity contribution in [1.82, 2.24) is 4.98 Å². The molecule has 1 saturated carbocycles. The van der Waals surface area contributed by atoms with Gasteiger partial charge >= 0.3 is 0 Å². The lowest BCUT2D eigenvalue weighted by atomic mass is 9.82. The van der Waals surface area contributed by atoms with Gasteiger partial charge in [0.1, 0.15) is 11.8 Å². The molecule has 0 atom stereocenters. The monoisotopic (exact) mass is 230 g/mol. The van der Waals surface area contributed by atoms with Crippen molar-refractivity contribution in [3.05, 3.63) is 24.0 Å². The molecule has 17 heavy (non-hydrogen) atoms. The van der Waals surface area contributed by atoms with Crippen molar-refractivity contribution < 1.29 is 0 Å². The van der Waals surface area contributed by atoms with Crippen LogP contribution in [0.25, 0.3) is 0 Å². The van der Waals surface area contributed by atoms with Crippen molar-refractivity contribution in [2.24, 2.45) is 5.73 Å². The van der Waals surface area contributed by atoms with E-state index in [9.17, 15) is 0 Å². The zero-order chi connectivity index (χ0) is 12.1. The predicted molar refractivity (Wildman–Crippen MR) is 67.4 cm³/mol. The molecule has 3 N–H and O–H groups in total. The molecule has 0 spiro atoms. The molecule has 0 aliphatic heterocycles. The minimum atomic E-state index is -0.0890. The smallest absolute Gasteiger partial charge is 0.142 e. The summed E-state index contributed by atoms with van der Waals surface area (Å²) in [5.41, 5.74) is 7.60. The first-order chi connectivity index (χ1) is 8.22.